The van der Waals surface area contributed by atoms with Crippen LogP contribution in [0.15, 0.2) is 0 Å². The van der Waals surface area contributed by atoms with Crippen LogP contribution in [-0.4, -0.2) is 24.0 Å². The van der Waals surface area contributed by atoms with Crippen LogP contribution in [0, 0.1) is 0 Å². The van der Waals surface area contributed by atoms with Crippen LogP contribution < -0.4 is 10.6 Å². The highest BCUT2D eigenvalue weighted by molar-refractivity contribution is 5.75. The summed E-state index contributed by atoms with van der Waals surface area (Å²) in [4.78, 5) is 11.0. The third kappa shape index (κ3) is 6.58. The molecule has 0 spiro atoms. The molecule has 0 aromatic rings. The number of hydrogen-bond acceptors (Lipinski definition) is 2. The second-order valence-electron chi connectivity index (χ2n) is 4.31. The molecule has 0 aliphatic heterocycles. The molecular formula is C10H22N2O. The molecule has 0 rings (SSSR count). The molecule has 0 aliphatic rings. The molecule has 0 unspecified atom stereocenters. The molecule has 0 fully saturated rings. The van der Waals surface area contributed by atoms with E-state index in [1.54, 1.807) is 0 Å². The van der Waals surface area contributed by atoms with Crippen LogP contribution in [0.5, 0.6) is 0 Å². The van der Waals surface area contributed by atoms with Crippen molar-refractivity contribution < 1.29 is 4.79 Å². The van der Waals surface area contributed by atoms with Crippen molar-refractivity contribution in [3.8, 4) is 0 Å². The van der Waals surface area contributed by atoms with Gasteiger partial charge in [-0.2, -0.15) is 0 Å². The summed E-state index contributed by atoms with van der Waals surface area (Å²) in [6.07, 6.45) is 0.553. The lowest BCUT2D eigenvalue weighted by Crippen LogP contribution is -2.51. The van der Waals surface area contributed by atoms with Gasteiger partial charge in [0.1, 0.15) is 0 Å². The van der Waals surface area contributed by atoms with Crippen molar-refractivity contribution in [2.45, 2.75) is 52.6 Å². The number of rotatable bonds is 5. The predicted molar refractivity (Wildman–Crippen MR) is 55.7 cm³/mol. The normalized spacial score (nSPS) is 11.8. The average molecular weight is 186 g/mol. The lowest BCUT2D eigenvalue weighted by atomic mass is 10.0. The SMILES string of the molecule is CCC(=O)NCC(C)(C)NC(C)C. The second-order valence-corrected chi connectivity index (χ2v) is 4.31. The number of hydrogen-bond donors (Lipinski definition) is 2. The molecule has 0 bridgehead atoms. The minimum Gasteiger partial charge on any atom is -0.354 e. The van der Waals surface area contributed by atoms with Crippen LogP contribution in [0.3, 0.4) is 0 Å². The van der Waals surface area contributed by atoms with E-state index in [4.69, 9.17) is 0 Å². The molecule has 0 saturated heterocycles. The standard InChI is InChI=1S/C10H22N2O/c1-6-9(13)11-7-10(4,5)12-8(2)3/h8,12H,6-7H2,1-5H3,(H,11,13). The van der Waals surface area contributed by atoms with Gasteiger partial charge < -0.3 is 10.6 Å². The molecule has 0 aromatic carbocycles. The molecular weight excluding hydrogens is 164 g/mol. The first kappa shape index (κ1) is 12.4. The van der Waals surface area contributed by atoms with Crippen molar-refractivity contribution >= 4 is 5.91 Å². The molecule has 0 aromatic heterocycles. The first-order valence-corrected chi connectivity index (χ1v) is 4.92. The number of nitrogens with one attached hydrogen (secondary N) is 2. The zero-order valence-electron chi connectivity index (χ0n) is 9.40. The Balaban J connectivity index is 3.81. The van der Waals surface area contributed by atoms with Gasteiger partial charge in [-0.05, 0) is 13.8 Å². The smallest absolute Gasteiger partial charge is 0.219 e. The Bertz CT molecular complexity index is 164. The molecule has 3 nitrogen and oxygen atoms in total. The zero-order valence-corrected chi connectivity index (χ0v) is 9.40. The van der Waals surface area contributed by atoms with Crippen LogP contribution in [0.2, 0.25) is 0 Å². The highest BCUT2D eigenvalue weighted by Gasteiger charge is 2.18. The van der Waals surface area contributed by atoms with E-state index in [0.29, 0.717) is 19.0 Å². The van der Waals surface area contributed by atoms with Crippen molar-refractivity contribution in [3.05, 3.63) is 0 Å². The Morgan fingerprint density at radius 3 is 2.31 bits per heavy atom. The van der Waals surface area contributed by atoms with E-state index < -0.39 is 0 Å². The average Bonchev–Trinajstić information content (AvgIpc) is 1.98. The third-order valence-electron chi connectivity index (χ3n) is 1.73. The van der Waals surface area contributed by atoms with Gasteiger partial charge in [-0.3, -0.25) is 4.79 Å². The molecule has 2 N–H and O–H groups in total. The molecule has 0 saturated carbocycles. The van der Waals surface area contributed by atoms with Crippen molar-refractivity contribution in [1.82, 2.24) is 10.6 Å². The zero-order chi connectivity index (χ0) is 10.5. The Morgan fingerprint density at radius 1 is 1.38 bits per heavy atom. The molecule has 0 atom stereocenters. The van der Waals surface area contributed by atoms with Crippen molar-refractivity contribution in [1.29, 1.82) is 0 Å². The maximum absolute atomic E-state index is 11.0. The van der Waals surface area contributed by atoms with Gasteiger partial charge >= 0.3 is 0 Å². The lowest BCUT2D eigenvalue weighted by molar-refractivity contribution is -0.121. The van der Waals surface area contributed by atoms with E-state index in [-0.39, 0.29) is 11.4 Å². The van der Waals surface area contributed by atoms with Gasteiger partial charge in [0.05, 0.1) is 0 Å². The second kappa shape index (κ2) is 5.22. The van der Waals surface area contributed by atoms with Gasteiger partial charge in [-0.25, -0.2) is 0 Å². The van der Waals surface area contributed by atoms with Crippen LogP contribution in [0.25, 0.3) is 0 Å². The van der Waals surface area contributed by atoms with Gasteiger partial charge in [0.2, 0.25) is 5.91 Å². The fourth-order valence-electron chi connectivity index (χ4n) is 1.28. The van der Waals surface area contributed by atoms with Crippen LogP contribution in [0.4, 0.5) is 0 Å². The van der Waals surface area contributed by atoms with E-state index in [0.717, 1.165) is 0 Å². The molecule has 1 amide bonds. The molecule has 13 heavy (non-hydrogen) atoms. The summed E-state index contributed by atoms with van der Waals surface area (Å²) < 4.78 is 0. The van der Waals surface area contributed by atoms with E-state index in [2.05, 4.69) is 38.3 Å². The van der Waals surface area contributed by atoms with E-state index in [9.17, 15) is 4.79 Å². The summed E-state index contributed by atoms with van der Waals surface area (Å²) in [7, 11) is 0. The van der Waals surface area contributed by atoms with Gasteiger partial charge in [0.15, 0.2) is 0 Å². The predicted octanol–water partition coefficient (Wildman–Crippen LogP) is 1.29. The Labute approximate surface area is 81.3 Å². The van der Waals surface area contributed by atoms with Crippen molar-refractivity contribution in [2.75, 3.05) is 6.54 Å². The molecule has 0 heterocycles. The van der Waals surface area contributed by atoms with Crippen molar-refractivity contribution in [2.24, 2.45) is 0 Å². The topological polar surface area (TPSA) is 41.1 Å². The maximum Gasteiger partial charge on any atom is 0.219 e. The summed E-state index contributed by atoms with van der Waals surface area (Å²) in [6, 6.07) is 0.438. The van der Waals surface area contributed by atoms with Gasteiger partial charge in [0, 0.05) is 24.5 Å². The maximum atomic E-state index is 11.0. The number of amides is 1. The summed E-state index contributed by atoms with van der Waals surface area (Å²) >= 11 is 0. The molecule has 78 valence electrons. The fraction of sp³-hybridized carbons (Fsp3) is 0.900. The first-order valence-electron chi connectivity index (χ1n) is 4.92. The fourth-order valence-corrected chi connectivity index (χ4v) is 1.28. The summed E-state index contributed by atoms with van der Waals surface area (Å²) in [6.45, 7) is 10.9. The monoisotopic (exact) mass is 186 g/mol. The van der Waals surface area contributed by atoms with E-state index in [1.165, 1.54) is 0 Å². The summed E-state index contributed by atoms with van der Waals surface area (Å²) in [5.74, 6) is 0.110. The molecule has 0 radical (unpaired) electrons. The number of carbonyl (C=O) groups excluding carboxylic acids is 1. The summed E-state index contributed by atoms with van der Waals surface area (Å²) in [5, 5.41) is 6.26. The van der Waals surface area contributed by atoms with Gasteiger partial charge in [-0.1, -0.05) is 20.8 Å². The van der Waals surface area contributed by atoms with E-state index >= 15 is 0 Å². The minimum atomic E-state index is -0.0288. The third-order valence-corrected chi connectivity index (χ3v) is 1.73. The Hall–Kier alpha value is -0.570. The quantitative estimate of drug-likeness (QED) is 0.679. The van der Waals surface area contributed by atoms with Gasteiger partial charge in [-0.15, -0.1) is 0 Å². The lowest BCUT2D eigenvalue weighted by Gasteiger charge is -2.29. The molecule has 3 heteroatoms. The number of carbonyl (C=O) groups is 1. The Morgan fingerprint density at radius 2 is 1.92 bits per heavy atom. The largest absolute Gasteiger partial charge is 0.354 e. The van der Waals surface area contributed by atoms with E-state index in [1.807, 2.05) is 6.92 Å². The van der Waals surface area contributed by atoms with Gasteiger partial charge in [0.25, 0.3) is 0 Å². The molecule has 0 aliphatic carbocycles. The summed E-state index contributed by atoms with van der Waals surface area (Å²) in [5.41, 5.74) is -0.0288. The van der Waals surface area contributed by atoms with Crippen LogP contribution in [0.1, 0.15) is 41.0 Å². The Kier molecular flexibility index (Phi) is 4.99. The van der Waals surface area contributed by atoms with Crippen LogP contribution in [-0.2, 0) is 4.79 Å². The highest BCUT2D eigenvalue weighted by Crippen LogP contribution is 2.01. The van der Waals surface area contributed by atoms with Crippen molar-refractivity contribution in [3.63, 3.8) is 0 Å². The van der Waals surface area contributed by atoms with Crippen LogP contribution >= 0.6 is 0 Å². The highest BCUT2D eigenvalue weighted by atomic mass is 16.1. The minimum absolute atomic E-state index is 0.0288. The first-order chi connectivity index (χ1) is 5.87.